The number of likely N-dealkylation sites (tertiary alicyclic amines) is 1. The van der Waals surface area contributed by atoms with Gasteiger partial charge in [-0.3, -0.25) is 19.4 Å². The van der Waals surface area contributed by atoms with Crippen LogP contribution < -0.4 is 5.73 Å². The Bertz CT molecular complexity index is 314. The molecule has 90 valence electrons. The second-order valence-electron chi connectivity index (χ2n) is 4.82. The van der Waals surface area contributed by atoms with Crippen LogP contribution in [0.5, 0.6) is 0 Å². The van der Waals surface area contributed by atoms with Crippen LogP contribution in [0.3, 0.4) is 0 Å². The van der Waals surface area contributed by atoms with Crippen molar-refractivity contribution < 1.29 is 9.59 Å². The normalized spacial score (nSPS) is 28.0. The van der Waals surface area contributed by atoms with E-state index >= 15 is 0 Å². The number of imide groups is 1. The van der Waals surface area contributed by atoms with Gasteiger partial charge in [0.1, 0.15) is 0 Å². The van der Waals surface area contributed by atoms with E-state index in [1.54, 1.807) is 7.05 Å². The third kappa shape index (κ3) is 1.85. The zero-order chi connectivity index (χ0) is 11.9. The highest BCUT2D eigenvalue weighted by atomic mass is 16.2. The van der Waals surface area contributed by atoms with E-state index in [-0.39, 0.29) is 23.9 Å². The maximum Gasteiger partial charge on any atom is 0.246 e. The number of hydrogen-bond donors (Lipinski definition) is 1. The minimum atomic E-state index is -0.299. The average molecular weight is 225 g/mol. The van der Waals surface area contributed by atoms with Crippen molar-refractivity contribution in [2.24, 2.45) is 11.7 Å². The number of amides is 2. The first kappa shape index (κ1) is 11.5. The van der Waals surface area contributed by atoms with Crippen molar-refractivity contribution in [1.29, 1.82) is 0 Å². The van der Waals surface area contributed by atoms with Gasteiger partial charge in [-0.15, -0.1) is 0 Å². The van der Waals surface area contributed by atoms with Crippen LogP contribution in [-0.2, 0) is 9.59 Å². The first-order chi connectivity index (χ1) is 7.56. The third-order valence-electron chi connectivity index (χ3n) is 3.78. The van der Waals surface area contributed by atoms with Crippen LogP contribution in [-0.4, -0.2) is 54.3 Å². The molecule has 1 saturated carbocycles. The van der Waals surface area contributed by atoms with Gasteiger partial charge in [-0.25, -0.2) is 0 Å². The largest absolute Gasteiger partial charge is 0.329 e. The second-order valence-corrected chi connectivity index (χ2v) is 4.82. The molecule has 0 bridgehead atoms. The highest BCUT2D eigenvalue weighted by Crippen LogP contribution is 2.36. The van der Waals surface area contributed by atoms with Gasteiger partial charge in [-0.2, -0.15) is 0 Å². The average Bonchev–Trinajstić information content (AvgIpc) is 3.04. The summed E-state index contributed by atoms with van der Waals surface area (Å²) in [5.41, 5.74) is 5.75. The van der Waals surface area contributed by atoms with Gasteiger partial charge in [-0.05, 0) is 25.8 Å². The van der Waals surface area contributed by atoms with Crippen molar-refractivity contribution >= 4 is 11.8 Å². The molecule has 2 aliphatic rings. The molecule has 2 atom stereocenters. The van der Waals surface area contributed by atoms with E-state index in [1.165, 1.54) is 17.7 Å². The highest BCUT2D eigenvalue weighted by Gasteiger charge is 2.43. The number of hydrogen-bond acceptors (Lipinski definition) is 4. The predicted molar refractivity (Wildman–Crippen MR) is 59.5 cm³/mol. The minimum absolute atomic E-state index is 0.0894. The molecule has 1 aliphatic heterocycles. The van der Waals surface area contributed by atoms with Crippen molar-refractivity contribution in [3.8, 4) is 0 Å². The zero-order valence-corrected chi connectivity index (χ0v) is 9.85. The number of rotatable bonds is 4. The van der Waals surface area contributed by atoms with E-state index in [4.69, 9.17) is 5.73 Å². The van der Waals surface area contributed by atoms with Gasteiger partial charge in [0, 0.05) is 19.6 Å². The summed E-state index contributed by atoms with van der Waals surface area (Å²) >= 11 is 0. The number of nitrogens with two attached hydrogens (primary N) is 1. The fourth-order valence-electron chi connectivity index (χ4n) is 2.46. The van der Waals surface area contributed by atoms with Crippen molar-refractivity contribution in [2.75, 3.05) is 20.6 Å². The molecule has 2 fully saturated rings. The van der Waals surface area contributed by atoms with E-state index in [2.05, 4.69) is 0 Å². The van der Waals surface area contributed by atoms with Gasteiger partial charge < -0.3 is 5.73 Å². The first-order valence-corrected chi connectivity index (χ1v) is 5.78. The van der Waals surface area contributed by atoms with Crippen LogP contribution in [0.15, 0.2) is 0 Å². The Balaban J connectivity index is 2.06. The zero-order valence-electron chi connectivity index (χ0n) is 9.85. The SMILES string of the molecule is CN1C(=O)CC(N(C)C(CN)C2CC2)C1=O. The third-order valence-corrected chi connectivity index (χ3v) is 3.78. The summed E-state index contributed by atoms with van der Waals surface area (Å²) in [7, 11) is 3.46. The lowest BCUT2D eigenvalue weighted by molar-refractivity contribution is -0.138. The Labute approximate surface area is 95.6 Å². The fourth-order valence-corrected chi connectivity index (χ4v) is 2.46. The molecule has 5 heteroatoms. The second kappa shape index (κ2) is 4.14. The highest BCUT2D eigenvalue weighted by molar-refractivity contribution is 6.05. The van der Waals surface area contributed by atoms with E-state index in [0.29, 0.717) is 18.9 Å². The molecule has 2 unspecified atom stereocenters. The smallest absolute Gasteiger partial charge is 0.246 e. The Kier molecular flexibility index (Phi) is 2.99. The molecule has 1 saturated heterocycles. The van der Waals surface area contributed by atoms with Gasteiger partial charge in [0.25, 0.3) is 0 Å². The number of carbonyl (C=O) groups is 2. The van der Waals surface area contributed by atoms with Gasteiger partial charge in [0.2, 0.25) is 11.8 Å². The number of nitrogens with zero attached hydrogens (tertiary/aromatic N) is 2. The Morgan fingerprint density at radius 3 is 2.50 bits per heavy atom. The minimum Gasteiger partial charge on any atom is -0.329 e. The summed E-state index contributed by atoms with van der Waals surface area (Å²) in [4.78, 5) is 26.5. The molecule has 1 heterocycles. The maximum atomic E-state index is 11.8. The molecule has 0 spiro atoms. The van der Waals surface area contributed by atoms with Crippen molar-refractivity contribution in [2.45, 2.75) is 31.3 Å². The van der Waals surface area contributed by atoms with Crippen LogP contribution in [0.4, 0.5) is 0 Å². The van der Waals surface area contributed by atoms with Crippen molar-refractivity contribution in [1.82, 2.24) is 9.80 Å². The molecular weight excluding hydrogens is 206 g/mol. The quantitative estimate of drug-likeness (QED) is 0.650. The van der Waals surface area contributed by atoms with Gasteiger partial charge in [-0.1, -0.05) is 0 Å². The molecule has 0 aromatic carbocycles. The molecule has 2 rings (SSSR count). The molecule has 5 nitrogen and oxygen atoms in total. The monoisotopic (exact) mass is 225 g/mol. The molecule has 16 heavy (non-hydrogen) atoms. The van der Waals surface area contributed by atoms with E-state index < -0.39 is 0 Å². The number of likely N-dealkylation sites (N-methyl/N-ethyl adjacent to an activating group) is 2. The Morgan fingerprint density at radius 2 is 2.12 bits per heavy atom. The topological polar surface area (TPSA) is 66.6 Å². The predicted octanol–water partition coefficient (Wildman–Crippen LogP) is -0.587. The summed E-state index contributed by atoms with van der Waals surface area (Å²) in [6, 6.07) is -0.0556. The summed E-state index contributed by atoms with van der Waals surface area (Å²) in [6.07, 6.45) is 2.68. The van der Waals surface area contributed by atoms with Crippen molar-refractivity contribution in [3.63, 3.8) is 0 Å². The fraction of sp³-hybridized carbons (Fsp3) is 0.818. The van der Waals surface area contributed by atoms with Crippen LogP contribution in [0.2, 0.25) is 0 Å². The van der Waals surface area contributed by atoms with Crippen LogP contribution in [0.25, 0.3) is 0 Å². The Hall–Kier alpha value is -0.940. The standard InChI is InChI=1S/C11H19N3O2/c1-13(9(6-12)7-3-4-7)8-5-10(15)14(2)11(8)16/h7-9H,3-6,12H2,1-2H3. The molecule has 0 radical (unpaired) electrons. The molecule has 1 aliphatic carbocycles. The molecule has 2 N–H and O–H groups in total. The van der Waals surface area contributed by atoms with Gasteiger partial charge >= 0.3 is 0 Å². The van der Waals surface area contributed by atoms with Crippen LogP contribution in [0.1, 0.15) is 19.3 Å². The number of carbonyl (C=O) groups excluding carboxylic acids is 2. The van der Waals surface area contributed by atoms with E-state index in [9.17, 15) is 9.59 Å². The van der Waals surface area contributed by atoms with Crippen LogP contribution >= 0.6 is 0 Å². The lowest BCUT2D eigenvalue weighted by atomic mass is 10.1. The molecule has 2 amide bonds. The lowest BCUT2D eigenvalue weighted by Gasteiger charge is -2.30. The molecule has 0 aromatic rings. The Morgan fingerprint density at radius 1 is 1.50 bits per heavy atom. The summed E-state index contributed by atoms with van der Waals surface area (Å²) < 4.78 is 0. The lowest BCUT2D eigenvalue weighted by Crippen LogP contribution is -2.48. The molecular formula is C11H19N3O2. The first-order valence-electron chi connectivity index (χ1n) is 5.78. The summed E-state index contributed by atoms with van der Waals surface area (Å²) in [5.74, 6) is 0.434. The molecule has 0 aromatic heterocycles. The van der Waals surface area contributed by atoms with Crippen LogP contribution in [0, 0.1) is 5.92 Å². The maximum absolute atomic E-state index is 11.8. The summed E-state index contributed by atoms with van der Waals surface area (Å²) in [5, 5.41) is 0. The van der Waals surface area contributed by atoms with E-state index in [0.717, 1.165) is 0 Å². The van der Waals surface area contributed by atoms with Crippen molar-refractivity contribution in [3.05, 3.63) is 0 Å². The van der Waals surface area contributed by atoms with Gasteiger partial charge in [0.05, 0.1) is 12.5 Å². The van der Waals surface area contributed by atoms with Gasteiger partial charge in [0.15, 0.2) is 0 Å². The van der Waals surface area contributed by atoms with E-state index in [1.807, 2.05) is 11.9 Å². The summed E-state index contributed by atoms with van der Waals surface area (Å²) in [6.45, 7) is 0.558.